The molecule has 0 saturated carbocycles. The van der Waals surface area contributed by atoms with Gasteiger partial charge in [0, 0.05) is 18.3 Å². The Balaban J connectivity index is 1.93. The molecule has 18 heavy (non-hydrogen) atoms. The molecule has 0 unspecified atom stereocenters. The van der Waals surface area contributed by atoms with E-state index in [0.717, 1.165) is 12.1 Å². The van der Waals surface area contributed by atoms with Crippen LogP contribution >= 0.6 is 0 Å². The Morgan fingerprint density at radius 1 is 1.33 bits per heavy atom. The number of hydrogen-bond acceptors (Lipinski definition) is 5. The van der Waals surface area contributed by atoms with Crippen LogP contribution in [0.25, 0.3) is 0 Å². The largest absolute Gasteiger partial charge is 0.481 e. The number of aliphatic carboxylic acids is 1. The van der Waals surface area contributed by atoms with Gasteiger partial charge < -0.3 is 5.11 Å². The minimum Gasteiger partial charge on any atom is -0.481 e. The Bertz CT molecular complexity index is 511. The highest BCUT2D eigenvalue weighted by molar-refractivity contribution is 5.66. The predicted octanol–water partition coefficient (Wildman–Crippen LogP) is 0.328. The van der Waals surface area contributed by atoms with E-state index in [1.807, 2.05) is 18.2 Å². The monoisotopic (exact) mass is 247 g/mol. The highest BCUT2D eigenvalue weighted by atomic mass is 16.4. The highest BCUT2D eigenvalue weighted by Gasteiger charge is 2.08. The first kappa shape index (κ1) is 12.2. The van der Waals surface area contributed by atoms with Crippen LogP contribution in [-0.4, -0.2) is 36.3 Å². The number of carbonyl (C=O) groups is 1. The zero-order valence-corrected chi connectivity index (χ0v) is 9.73. The van der Waals surface area contributed by atoms with Gasteiger partial charge in [-0.25, -0.2) is 4.68 Å². The molecule has 0 atom stereocenters. The summed E-state index contributed by atoms with van der Waals surface area (Å²) < 4.78 is 1.52. The minimum atomic E-state index is -0.860. The molecule has 0 bridgehead atoms. The average Bonchev–Trinajstić information content (AvgIpc) is 2.82. The highest BCUT2D eigenvalue weighted by Crippen LogP contribution is 2.02. The first-order valence-electron chi connectivity index (χ1n) is 5.62. The van der Waals surface area contributed by atoms with Gasteiger partial charge in [-0.3, -0.25) is 9.78 Å². The van der Waals surface area contributed by atoms with Crippen molar-refractivity contribution >= 4 is 5.97 Å². The molecule has 0 aliphatic rings. The Hall–Kier alpha value is -2.31. The molecule has 0 fully saturated rings. The number of pyridine rings is 1. The van der Waals surface area contributed by atoms with E-state index in [-0.39, 0.29) is 6.42 Å². The summed E-state index contributed by atoms with van der Waals surface area (Å²) in [6.45, 7) is 0.292. The number of rotatable bonds is 6. The maximum atomic E-state index is 10.5. The van der Waals surface area contributed by atoms with Crippen molar-refractivity contribution in [3.8, 4) is 0 Å². The predicted molar refractivity (Wildman–Crippen MR) is 61.7 cm³/mol. The number of tetrazole rings is 1. The third-order valence-electron chi connectivity index (χ3n) is 2.47. The molecule has 7 nitrogen and oxygen atoms in total. The summed E-state index contributed by atoms with van der Waals surface area (Å²) in [7, 11) is 0. The Morgan fingerprint density at radius 2 is 2.22 bits per heavy atom. The van der Waals surface area contributed by atoms with E-state index in [1.165, 1.54) is 4.68 Å². The topological polar surface area (TPSA) is 93.8 Å². The molecule has 0 radical (unpaired) electrons. The molecular weight excluding hydrogens is 234 g/mol. The zero-order chi connectivity index (χ0) is 12.8. The van der Waals surface area contributed by atoms with E-state index < -0.39 is 5.97 Å². The standard InChI is InChI=1S/C11H13N5O2/c17-11(18)6-8-16-10(13-14-15-16)5-4-9-3-1-2-7-12-9/h1-3,7H,4-6,8H2,(H,17,18). The summed E-state index contributed by atoms with van der Waals surface area (Å²) in [4.78, 5) is 14.7. The van der Waals surface area contributed by atoms with Gasteiger partial charge in [0.1, 0.15) is 0 Å². The van der Waals surface area contributed by atoms with Crippen molar-refractivity contribution in [2.24, 2.45) is 0 Å². The molecule has 7 heteroatoms. The smallest absolute Gasteiger partial charge is 0.305 e. The van der Waals surface area contributed by atoms with E-state index in [1.54, 1.807) is 6.20 Å². The maximum absolute atomic E-state index is 10.5. The Labute approximate surface area is 103 Å². The van der Waals surface area contributed by atoms with Gasteiger partial charge in [-0.2, -0.15) is 0 Å². The number of carboxylic acid groups (broad SMARTS) is 1. The van der Waals surface area contributed by atoms with Crippen LogP contribution in [0, 0.1) is 0 Å². The van der Waals surface area contributed by atoms with Gasteiger partial charge in [-0.05, 0) is 29.0 Å². The number of aryl methyl sites for hydroxylation is 3. The lowest BCUT2D eigenvalue weighted by atomic mass is 10.2. The van der Waals surface area contributed by atoms with Crippen molar-refractivity contribution in [2.45, 2.75) is 25.8 Å². The number of nitrogens with zero attached hydrogens (tertiary/aromatic N) is 5. The zero-order valence-electron chi connectivity index (χ0n) is 9.73. The molecule has 0 saturated heterocycles. The minimum absolute atomic E-state index is 0.0155. The first-order chi connectivity index (χ1) is 8.75. The van der Waals surface area contributed by atoms with Gasteiger partial charge in [0.15, 0.2) is 5.82 Å². The number of aromatic nitrogens is 5. The van der Waals surface area contributed by atoms with E-state index in [2.05, 4.69) is 20.5 Å². The second-order valence-corrected chi connectivity index (χ2v) is 3.78. The van der Waals surface area contributed by atoms with Crippen LogP contribution in [0.1, 0.15) is 17.9 Å². The molecule has 2 aromatic rings. The van der Waals surface area contributed by atoms with Crippen LogP contribution in [0.3, 0.4) is 0 Å². The van der Waals surface area contributed by atoms with Crippen molar-refractivity contribution in [3.05, 3.63) is 35.9 Å². The van der Waals surface area contributed by atoms with Crippen LogP contribution in [0.15, 0.2) is 24.4 Å². The fourth-order valence-corrected chi connectivity index (χ4v) is 1.56. The third kappa shape index (κ3) is 3.34. The summed E-state index contributed by atoms with van der Waals surface area (Å²) in [5.41, 5.74) is 0.963. The average molecular weight is 247 g/mol. The summed E-state index contributed by atoms with van der Waals surface area (Å²) in [6, 6.07) is 5.72. The summed E-state index contributed by atoms with van der Waals surface area (Å²) in [5, 5.41) is 19.8. The second-order valence-electron chi connectivity index (χ2n) is 3.78. The van der Waals surface area contributed by atoms with E-state index in [0.29, 0.717) is 18.8 Å². The lowest BCUT2D eigenvalue weighted by Gasteiger charge is -2.02. The summed E-state index contributed by atoms with van der Waals surface area (Å²) in [5.74, 6) is -0.178. The Morgan fingerprint density at radius 3 is 2.94 bits per heavy atom. The van der Waals surface area contributed by atoms with Gasteiger partial charge in [-0.15, -0.1) is 5.10 Å². The van der Waals surface area contributed by atoms with Gasteiger partial charge in [-0.1, -0.05) is 6.07 Å². The van der Waals surface area contributed by atoms with Crippen LogP contribution in [-0.2, 0) is 24.2 Å². The quantitative estimate of drug-likeness (QED) is 0.790. The normalized spacial score (nSPS) is 10.4. The number of carboxylic acids is 1. The van der Waals surface area contributed by atoms with E-state index in [4.69, 9.17) is 5.11 Å². The molecule has 94 valence electrons. The lowest BCUT2D eigenvalue weighted by molar-refractivity contribution is -0.137. The van der Waals surface area contributed by atoms with E-state index in [9.17, 15) is 4.79 Å². The van der Waals surface area contributed by atoms with Crippen molar-refractivity contribution in [3.63, 3.8) is 0 Å². The maximum Gasteiger partial charge on any atom is 0.305 e. The third-order valence-corrected chi connectivity index (χ3v) is 2.47. The van der Waals surface area contributed by atoms with Crippen molar-refractivity contribution < 1.29 is 9.90 Å². The van der Waals surface area contributed by atoms with Gasteiger partial charge in [0.2, 0.25) is 0 Å². The van der Waals surface area contributed by atoms with Gasteiger partial charge in [0.05, 0.1) is 13.0 Å². The molecule has 0 aliphatic carbocycles. The van der Waals surface area contributed by atoms with Gasteiger partial charge in [0.25, 0.3) is 0 Å². The lowest BCUT2D eigenvalue weighted by Crippen LogP contribution is -2.10. The molecule has 2 heterocycles. The van der Waals surface area contributed by atoms with Crippen molar-refractivity contribution in [2.75, 3.05) is 0 Å². The summed E-state index contributed by atoms with van der Waals surface area (Å²) >= 11 is 0. The van der Waals surface area contributed by atoms with Crippen molar-refractivity contribution in [1.29, 1.82) is 0 Å². The fourth-order valence-electron chi connectivity index (χ4n) is 1.56. The van der Waals surface area contributed by atoms with Gasteiger partial charge >= 0.3 is 5.97 Å². The molecule has 0 aromatic carbocycles. The SMILES string of the molecule is O=C(O)CCn1nnnc1CCc1ccccn1. The molecular formula is C11H13N5O2. The first-order valence-corrected chi connectivity index (χ1v) is 5.62. The molecule has 0 amide bonds. The second kappa shape index (κ2) is 5.85. The Kier molecular flexibility index (Phi) is 3.95. The van der Waals surface area contributed by atoms with Crippen molar-refractivity contribution in [1.82, 2.24) is 25.2 Å². The van der Waals surface area contributed by atoms with Crippen LogP contribution in [0.2, 0.25) is 0 Å². The van der Waals surface area contributed by atoms with Crippen LogP contribution in [0.4, 0.5) is 0 Å². The summed E-state index contributed by atoms with van der Waals surface area (Å²) in [6.07, 6.45) is 3.13. The fraction of sp³-hybridized carbons (Fsp3) is 0.364. The molecule has 2 aromatic heterocycles. The molecule has 1 N–H and O–H groups in total. The molecule has 0 aliphatic heterocycles. The molecule has 2 rings (SSSR count). The van der Waals surface area contributed by atoms with Crippen LogP contribution < -0.4 is 0 Å². The molecule has 0 spiro atoms. The van der Waals surface area contributed by atoms with E-state index >= 15 is 0 Å². The van der Waals surface area contributed by atoms with Crippen LogP contribution in [0.5, 0.6) is 0 Å². The number of hydrogen-bond donors (Lipinski definition) is 1.